The number of benzene rings is 1. The number of anilines is 2. The number of fused-ring (bicyclic) bond motifs is 1. The number of nitrogens with two attached hydrogens (primary N) is 1. The van der Waals surface area contributed by atoms with Crippen molar-refractivity contribution >= 4 is 28.3 Å². The van der Waals surface area contributed by atoms with Gasteiger partial charge in [-0.2, -0.15) is 4.37 Å². The molecule has 0 bridgehead atoms. The molecule has 1 heterocycles. The van der Waals surface area contributed by atoms with Gasteiger partial charge in [0.15, 0.2) is 5.82 Å². The standard InChI is InChI=1S/C15H17N3O2S/c1-20-15(19)12-13(16)18-21-14(12)17-11-7-6-9-4-2-3-5-10(9)8-11/h2-5,11,17H,6-8H2,1H3,(H2,16,18). The van der Waals surface area contributed by atoms with Gasteiger partial charge in [0.05, 0.1) is 7.11 Å². The molecule has 1 atom stereocenters. The van der Waals surface area contributed by atoms with Crippen LogP contribution in [-0.2, 0) is 17.6 Å². The van der Waals surface area contributed by atoms with Crippen molar-refractivity contribution in [2.24, 2.45) is 0 Å². The van der Waals surface area contributed by atoms with Crippen LogP contribution in [0.1, 0.15) is 27.9 Å². The number of carbonyl (C=O) groups is 1. The summed E-state index contributed by atoms with van der Waals surface area (Å²) in [6.07, 6.45) is 3.00. The van der Waals surface area contributed by atoms with Crippen LogP contribution < -0.4 is 11.1 Å². The lowest BCUT2D eigenvalue weighted by Gasteiger charge is -2.25. The Kier molecular flexibility index (Phi) is 3.79. The third-order valence-electron chi connectivity index (χ3n) is 3.79. The van der Waals surface area contributed by atoms with E-state index >= 15 is 0 Å². The second kappa shape index (κ2) is 5.73. The summed E-state index contributed by atoms with van der Waals surface area (Å²) in [6, 6.07) is 8.75. The van der Waals surface area contributed by atoms with Crippen LogP contribution >= 0.6 is 11.5 Å². The first-order valence-electron chi connectivity index (χ1n) is 6.86. The zero-order valence-corrected chi connectivity index (χ0v) is 12.6. The van der Waals surface area contributed by atoms with Crippen molar-refractivity contribution in [2.45, 2.75) is 25.3 Å². The van der Waals surface area contributed by atoms with Crippen molar-refractivity contribution in [1.29, 1.82) is 0 Å². The Hall–Kier alpha value is -2.08. The number of carbonyl (C=O) groups excluding carboxylic acids is 1. The molecule has 1 aliphatic carbocycles. The Bertz CT molecular complexity index is 669. The fourth-order valence-electron chi connectivity index (χ4n) is 2.71. The second-order valence-corrected chi connectivity index (χ2v) is 5.89. The number of nitrogens with one attached hydrogen (secondary N) is 1. The molecular weight excluding hydrogens is 286 g/mol. The number of hydrogen-bond donors (Lipinski definition) is 2. The van der Waals surface area contributed by atoms with Crippen LogP contribution in [0.5, 0.6) is 0 Å². The molecule has 0 saturated carbocycles. The molecule has 5 nitrogen and oxygen atoms in total. The van der Waals surface area contributed by atoms with E-state index < -0.39 is 5.97 Å². The first-order chi connectivity index (χ1) is 10.2. The molecule has 1 aromatic heterocycles. The average molecular weight is 303 g/mol. The Morgan fingerprint density at radius 1 is 1.43 bits per heavy atom. The molecule has 21 heavy (non-hydrogen) atoms. The van der Waals surface area contributed by atoms with E-state index in [1.807, 2.05) is 0 Å². The van der Waals surface area contributed by atoms with Crippen molar-refractivity contribution in [1.82, 2.24) is 4.37 Å². The van der Waals surface area contributed by atoms with Crippen LogP contribution in [0.4, 0.5) is 10.8 Å². The smallest absolute Gasteiger partial charge is 0.344 e. The predicted molar refractivity (Wildman–Crippen MR) is 83.7 cm³/mol. The highest BCUT2D eigenvalue weighted by Crippen LogP contribution is 2.30. The normalized spacial score (nSPS) is 17.1. The summed E-state index contributed by atoms with van der Waals surface area (Å²) in [5.74, 6) is -0.217. The molecule has 1 aliphatic rings. The quantitative estimate of drug-likeness (QED) is 0.852. The van der Waals surface area contributed by atoms with Gasteiger partial charge in [-0.3, -0.25) is 0 Å². The molecule has 0 saturated heterocycles. The van der Waals surface area contributed by atoms with Crippen LogP contribution in [0.2, 0.25) is 0 Å². The molecule has 1 aromatic carbocycles. The number of aryl methyl sites for hydroxylation is 1. The molecule has 3 rings (SSSR count). The Morgan fingerprint density at radius 3 is 2.95 bits per heavy atom. The molecule has 0 amide bonds. The highest BCUT2D eigenvalue weighted by molar-refractivity contribution is 7.11. The highest BCUT2D eigenvalue weighted by Gasteiger charge is 2.24. The van der Waals surface area contributed by atoms with E-state index in [1.165, 1.54) is 29.8 Å². The van der Waals surface area contributed by atoms with Gasteiger partial charge >= 0.3 is 5.97 Å². The number of ether oxygens (including phenoxy) is 1. The van der Waals surface area contributed by atoms with Crippen LogP contribution in [-0.4, -0.2) is 23.5 Å². The van der Waals surface area contributed by atoms with Gasteiger partial charge in [0.25, 0.3) is 0 Å². The van der Waals surface area contributed by atoms with E-state index in [9.17, 15) is 4.79 Å². The minimum absolute atomic E-state index is 0.227. The number of esters is 1. The van der Waals surface area contributed by atoms with Crippen molar-refractivity contribution in [3.63, 3.8) is 0 Å². The summed E-state index contributed by atoms with van der Waals surface area (Å²) in [5.41, 5.74) is 8.88. The zero-order valence-electron chi connectivity index (χ0n) is 11.8. The van der Waals surface area contributed by atoms with E-state index in [0.29, 0.717) is 10.6 Å². The van der Waals surface area contributed by atoms with Gasteiger partial charge in [0.2, 0.25) is 0 Å². The summed E-state index contributed by atoms with van der Waals surface area (Å²) in [7, 11) is 1.35. The van der Waals surface area contributed by atoms with Gasteiger partial charge in [-0.25, -0.2) is 4.79 Å². The zero-order chi connectivity index (χ0) is 14.8. The molecule has 1 unspecified atom stereocenters. The topological polar surface area (TPSA) is 77.2 Å². The lowest BCUT2D eigenvalue weighted by Crippen LogP contribution is -2.27. The summed E-state index contributed by atoms with van der Waals surface area (Å²) < 4.78 is 8.82. The van der Waals surface area contributed by atoms with E-state index in [4.69, 9.17) is 10.5 Å². The second-order valence-electron chi connectivity index (χ2n) is 5.12. The SMILES string of the molecule is COC(=O)c1c(N)nsc1NC1CCc2ccccc2C1. The van der Waals surface area contributed by atoms with Crippen molar-refractivity contribution in [2.75, 3.05) is 18.2 Å². The highest BCUT2D eigenvalue weighted by atomic mass is 32.1. The van der Waals surface area contributed by atoms with Crippen LogP contribution in [0.25, 0.3) is 0 Å². The lowest BCUT2D eigenvalue weighted by atomic mass is 9.88. The molecule has 0 fully saturated rings. The maximum absolute atomic E-state index is 11.8. The summed E-state index contributed by atoms with van der Waals surface area (Å²) in [5, 5.41) is 4.10. The first-order valence-corrected chi connectivity index (χ1v) is 7.63. The molecule has 6 heteroatoms. The number of nitrogens with zero attached hydrogens (tertiary/aromatic N) is 1. The molecule has 0 aliphatic heterocycles. The van der Waals surface area contributed by atoms with Crippen LogP contribution in [0.3, 0.4) is 0 Å². The number of rotatable bonds is 3. The average Bonchev–Trinajstić information content (AvgIpc) is 2.87. The monoisotopic (exact) mass is 303 g/mol. The minimum atomic E-state index is -0.444. The number of nitrogen functional groups attached to an aromatic ring is 1. The van der Waals surface area contributed by atoms with E-state index in [-0.39, 0.29) is 11.9 Å². The third-order valence-corrected chi connectivity index (χ3v) is 4.58. The maximum Gasteiger partial charge on any atom is 0.344 e. The molecular formula is C15H17N3O2S. The van der Waals surface area contributed by atoms with E-state index in [1.54, 1.807) is 0 Å². The van der Waals surface area contributed by atoms with E-state index in [2.05, 4.69) is 34.0 Å². The molecule has 0 radical (unpaired) electrons. The summed E-state index contributed by atoms with van der Waals surface area (Å²) in [4.78, 5) is 11.8. The lowest BCUT2D eigenvalue weighted by molar-refractivity contribution is 0.0603. The van der Waals surface area contributed by atoms with E-state index in [0.717, 1.165) is 19.3 Å². The van der Waals surface area contributed by atoms with Gasteiger partial charge in [-0.05, 0) is 41.9 Å². The van der Waals surface area contributed by atoms with Gasteiger partial charge in [-0.1, -0.05) is 24.3 Å². The summed E-state index contributed by atoms with van der Waals surface area (Å²) in [6.45, 7) is 0. The van der Waals surface area contributed by atoms with Crippen LogP contribution in [0, 0.1) is 0 Å². The number of methoxy groups -OCH3 is 1. The number of aromatic nitrogens is 1. The molecule has 110 valence electrons. The third kappa shape index (κ3) is 2.71. The maximum atomic E-state index is 11.8. The van der Waals surface area contributed by atoms with Crippen molar-refractivity contribution < 1.29 is 9.53 Å². The Balaban J connectivity index is 1.78. The van der Waals surface area contributed by atoms with Gasteiger partial charge in [-0.15, -0.1) is 0 Å². The van der Waals surface area contributed by atoms with Crippen LogP contribution in [0.15, 0.2) is 24.3 Å². The molecule has 0 spiro atoms. The Morgan fingerprint density at radius 2 is 2.19 bits per heavy atom. The largest absolute Gasteiger partial charge is 0.465 e. The van der Waals surface area contributed by atoms with Gasteiger partial charge < -0.3 is 15.8 Å². The minimum Gasteiger partial charge on any atom is -0.465 e. The molecule has 2 aromatic rings. The van der Waals surface area contributed by atoms with Crippen molar-refractivity contribution in [3.05, 3.63) is 41.0 Å². The molecule has 3 N–H and O–H groups in total. The fraction of sp³-hybridized carbons (Fsp3) is 0.333. The van der Waals surface area contributed by atoms with Gasteiger partial charge in [0.1, 0.15) is 10.6 Å². The first kappa shape index (κ1) is 13.9. The Labute approximate surface area is 127 Å². The van der Waals surface area contributed by atoms with Crippen molar-refractivity contribution in [3.8, 4) is 0 Å². The number of hydrogen-bond acceptors (Lipinski definition) is 6. The fourth-order valence-corrected chi connectivity index (χ4v) is 3.49. The predicted octanol–water partition coefficient (Wildman–Crippen LogP) is 2.48. The van der Waals surface area contributed by atoms with Gasteiger partial charge in [0, 0.05) is 6.04 Å². The summed E-state index contributed by atoms with van der Waals surface area (Å²) >= 11 is 1.21.